The highest BCUT2D eigenvalue weighted by atomic mass is 35.5. The molecule has 1 aliphatic carbocycles. The molecular formula is C12H19ClN4. The van der Waals surface area contributed by atoms with Gasteiger partial charge in [-0.3, -0.25) is 0 Å². The van der Waals surface area contributed by atoms with E-state index in [2.05, 4.69) is 34.3 Å². The number of nitrogens with zero attached hydrogens (tertiary/aromatic N) is 3. The predicted octanol–water partition coefficient (Wildman–Crippen LogP) is 1.98. The second kappa shape index (κ2) is 5.65. The van der Waals surface area contributed by atoms with E-state index in [1.54, 1.807) is 0 Å². The summed E-state index contributed by atoms with van der Waals surface area (Å²) in [5.74, 6) is 0.675. The van der Waals surface area contributed by atoms with Crippen molar-refractivity contribution in [3.05, 3.63) is 16.4 Å². The molecule has 0 unspecified atom stereocenters. The van der Waals surface area contributed by atoms with E-state index in [9.17, 15) is 0 Å². The van der Waals surface area contributed by atoms with E-state index in [4.69, 9.17) is 11.6 Å². The molecule has 1 N–H and O–H groups in total. The molecular weight excluding hydrogens is 236 g/mol. The van der Waals surface area contributed by atoms with Gasteiger partial charge in [0, 0.05) is 12.1 Å². The van der Waals surface area contributed by atoms with Gasteiger partial charge in [-0.2, -0.15) is 0 Å². The molecule has 5 heteroatoms. The minimum absolute atomic E-state index is 0.627. The lowest BCUT2D eigenvalue weighted by molar-refractivity contribution is 0.405. The second-order valence-electron chi connectivity index (χ2n) is 4.70. The summed E-state index contributed by atoms with van der Waals surface area (Å²) in [5, 5.41) is 3.86. The first-order valence-electron chi connectivity index (χ1n) is 6.10. The molecule has 0 atom stereocenters. The van der Waals surface area contributed by atoms with Crippen LogP contribution in [0.5, 0.6) is 0 Å². The monoisotopic (exact) mass is 254 g/mol. The zero-order valence-corrected chi connectivity index (χ0v) is 11.2. The van der Waals surface area contributed by atoms with Crippen LogP contribution in [-0.2, 0) is 12.8 Å². The number of fused-ring (bicyclic) bond motifs is 1. The summed E-state index contributed by atoms with van der Waals surface area (Å²) in [6.45, 7) is 1.94. The van der Waals surface area contributed by atoms with Gasteiger partial charge in [-0.05, 0) is 46.3 Å². The van der Waals surface area contributed by atoms with Crippen molar-refractivity contribution < 1.29 is 0 Å². The highest BCUT2D eigenvalue weighted by Crippen LogP contribution is 2.26. The summed E-state index contributed by atoms with van der Waals surface area (Å²) >= 11 is 6.14. The Bertz CT molecular complexity index is 392. The Labute approximate surface area is 107 Å². The Balaban J connectivity index is 1.91. The van der Waals surface area contributed by atoms with Gasteiger partial charge in [-0.15, -0.1) is 0 Å². The first-order chi connectivity index (χ1) is 8.16. The van der Waals surface area contributed by atoms with Crippen molar-refractivity contribution in [3.8, 4) is 0 Å². The summed E-state index contributed by atoms with van der Waals surface area (Å²) in [6.07, 6.45) is 4.28. The normalized spacial score (nSPS) is 14.1. The minimum atomic E-state index is 0.627. The molecule has 0 amide bonds. The van der Waals surface area contributed by atoms with Crippen molar-refractivity contribution in [2.75, 3.05) is 32.5 Å². The van der Waals surface area contributed by atoms with E-state index in [-0.39, 0.29) is 0 Å². The van der Waals surface area contributed by atoms with E-state index in [1.165, 1.54) is 0 Å². The van der Waals surface area contributed by atoms with Crippen molar-refractivity contribution in [2.45, 2.75) is 25.7 Å². The number of hydrogen-bond acceptors (Lipinski definition) is 4. The quantitative estimate of drug-likeness (QED) is 0.645. The Morgan fingerprint density at radius 3 is 2.88 bits per heavy atom. The van der Waals surface area contributed by atoms with Crippen LogP contribution in [0.3, 0.4) is 0 Å². The standard InChI is InChI=1S/C12H19ClN4/c1-17(2)8-4-7-14-12-15-10-6-3-5-9(10)11(13)16-12/h3-8H2,1-2H3,(H,14,15,16). The average Bonchev–Trinajstić information content (AvgIpc) is 2.72. The van der Waals surface area contributed by atoms with Crippen LogP contribution in [0.15, 0.2) is 0 Å². The number of halogens is 1. The van der Waals surface area contributed by atoms with Gasteiger partial charge >= 0.3 is 0 Å². The van der Waals surface area contributed by atoms with E-state index >= 15 is 0 Å². The van der Waals surface area contributed by atoms with Gasteiger partial charge in [0.2, 0.25) is 5.95 Å². The van der Waals surface area contributed by atoms with Crippen molar-refractivity contribution in [1.29, 1.82) is 0 Å². The molecule has 0 aromatic carbocycles. The number of aryl methyl sites for hydroxylation is 1. The van der Waals surface area contributed by atoms with Crippen molar-refractivity contribution in [3.63, 3.8) is 0 Å². The molecule has 2 rings (SSSR count). The lowest BCUT2D eigenvalue weighted by atomic mass is 10.3. The third-order valence-corrected chi connectivity index (χ3v) is 3.26. The van der Waals surface area contributed by atoms with E-state index < -0.39 is 0 Å². The van der Waals surface area contributed by atoms with Gasteiger partial charge in [-0.1, -0.05) is 11.6 Å². The largest absolute Gasteiger partial charge is 0.354 e. The van der Waals surface area contributed by atoms with Gasteiger partial charge in [0.25, 0.3) is 0 Å². The van der Waals surface area contributed by atoms with Crippen LogP contribution in [-0.4, -0.2) is 42.1 Å². The highest BCUT2D eigenvalue weighted by Gasteiger charge is 2.17. The molecule has 1 heterocycles. The van der Waals surface area contributed by atoms with Crippen LogP contribution in [0.2, 0.25) is 5.15 Å². The van der Waals surface area contributed by atoms with Gasteiger partial charge in [0.05, 0.1) is 5.69 Å². The number of nitrogens with one attached hydrogen (secondary N) is 1. The minimum Gasteiger partial charge on any atom is -0.354 e. The zero-order chi connectivity index (χ0) is 12.3. The fraction of sp³-hybridized carbons (Fsp3) is 0.667. The van der Waals surface area contributed by atoms with Gasteiger partial charge < -0.3 is 10.2 Å². The zero-order valence-electron chi connectivity index (χ0n) is 10.5. The molecule has 0 saturated heterocycles. The fourth-order valence-electron chi connectivity index (χ4n) is 2.06. The smallest absolute Gasteiger partial charge is 0.224 e. The molecule has 1 aromatic heterocycles. The maximum absolute atomic E-state index is 6.14. The Morgan fingerprint density at radius 2 is 2.12 bits per heavy atom. The number of rotatable bonds is 5. The fourth-order valence-corrected chi connectivity index (χ4v) is 2.34. The lowest BCUT2D eigenvalue weighted by Gasteiger charge is -2.10. The van der Waals surface area contributed by atoms with E-state index in [1.807, 2.05) is 0 Å². The molecule has 1 aliphatic rings. The Hall–Kier alpha value is -0.870. The summed E-state index contributed by atoms with van der Waals surface area (Å²) in [6, 6.07) is 0. The highest BCUT2D eigenvalue weighted by molar-refractivity contribution is 6.30. The molecule has 0 spiro atoms. The first kappa shape index (κ1) is 12.6. The summed E-state index contributed by atoms with van der Waals surface area (Å²) < 4.78 is 0. The molecule has 0 fully saturated rings. The second-order valence-corrected chi connectivity index (χ2v) is 5.06. The van der Waals surface area contributed by atoms with Crippen molar-refractivity contribution >= 4 is 17.5 Å². The van der Waals surface area contributed by atoms with Crippen LogP contribution >= 0.6 is 11.6 Å². The van der Waals surface area contributed by atoms with Gasteiger partial charge in [0.15, 0.2) is 0 Å². The molecule has 0 radical (unpaired) electrons. The third-order valence-electron chi connectivity index (χ3n) is 2.95. The Kier molecular flexibility index (Phi) is 4.18. The van der Waals surface area contributed by atoms with Crippen molar-refractivity contribution in [1.82, 2.24) is 14.9 Å². The number of hydrogen-bond donors (Lipinski definition) is 1. The maximum Gasteiger partial charge on any atom is 0.224 e. The van der Waals surface area contributed by atoms with E-state index in [0.717, 1.165) is 50.0 Å². The summed E-state index contributed by atoms with van der Waals surface area (Å²) in [7, 11) is 4.14. The van der Waals surface area contributed by atoms with Crippen LogP contribution in [0, 0.1) is 0 Å². The average molecular weight is 255 g/mol. The molecule has 17 heavy (non-hydrogen) atoms. The maximum atomic E-state index is 6.14. The third kappa shape index (κ3) is 3.30. The molecule has 4 nitrogen and oxygen atoms in total. The number of anilines is 1. The lowest BCUT2D eigenvalue weighted by Crippen LogP contribution is -2.17. The predicted molar refractivity (Wildman–Crippen MR) is 70.7 cm³/mol. The van der Waals surface area contributed by atoms with Crippen LogP contribution in [0.25, 0.3) is 0 Å². The van der Waals surface area contributed by atoms with Crippen LogP contribution < -0.4 is 5.32 Å². The molecule has 0 aliphatic heterocycles. The van der Waals surface area contributed by atoms with Gasteiger partial charge in [-0.25, -0.2) is 9.97 Å². The van der Waals surface area contributed by atoms with Crippen LogP contribution in [0.1, 0.15) is 24.1 Å². The summed E-state index contributed by atoms with van der Waals surface area (Å²) in [5.41, 5.74) is 2.27. The van der Waals surface area contributed by atoms with Crippen molar-refractivity contribution in [2.24, 2.45) is 0 Å². The molecule has 1 aromatic rings. The van der Waals surface area contributed by atoms with Gasteiger partial charge in [0.1, 0.15) is 5.15 Å². The first-order valence-corrected chi connectivity index (χ1v) is 6.48. The SMILES string of the molecule is CN(C)CCCNc1nc(Cl)c2c(n1)CCC2. The number of aromatic nitrogens is 2. The molecule has 0 bridgehead atoms. The molecule has 0 saturated carbocycles. The topological polar surface area (TPSA) is 41.0 Å². The molecule has 94 valence electrons. The van der Waals surface area contributed by atoms with E-state index in [0.29, 0.717) is 11.1 Å². The summed E-state index contributed by atoms with van der Waals surface area (Å²) in [4.78, 5) is 11.0. The Morgan fingerprint density at radius 1 is 1.29 bits per heavy atom. The van der Waals surface area contributed by atoms with Crippen LogP contribution in [0.4, 0.5) is 5.95 Å².